The van der Waals surface area contributed by atoms with E-state index in [2.05, 4.69) is 10.6 Å². The third kappa shape index (κ3) is 5.78. The lowest BCUT2D eigenvalue weighted by molar-refractivity contribution is -0.138. The van der Waals surface area contributed by atoms with Crippen LogP contribution in [0.5, 0.6) is 5.75 Å². The average Bonchev–Trinajstić information content (AvgIpc) is 2.81. The minimum Gasteiger partial charge on any atom is -0.473 e. The van der Waals surface area contributed by atoms with Gasteiger partial charge in [0.1, 0.15) is 5.75 Å². The molecule has 0 unspecified atom stereocenters. The molecule has 2 heterocycles. The summed E-state index contributed by atoms with van der Waals surface area (Å²) < 4.78 is 11.4. The summed E-state index contributed by atoms with van der Waals surface area (Å²) in [6, 6.07) is 3.75. The number of carbonyl (C=O) groups excluding carboxylic acids is 3. The van der Waals surface area contributed by atoms with Gasteiger partial charge in [-0.3, -0.25) is 14.4 Å². The summed E-state index contributed by atoms with van der Waals surface area (Å²) in [6.45, 7) is 11.8. The number of carbonyl (C=O) groups is 3. The van der Waals surface area contributed by atoms with E-state index in [-0.39, 0.29) is 43.0 Å². The van der Waals surface area contributed by atoms with Crippen LogP contribution in [0.25, 0.3) is 0 Å². The second-order valence-corrected chi connectivity index (χ2v) is 9.87. The topological polar surface area (TPSA) is 100 Å². The van der Waals surface area contributed by atoms with Gasteiger partial charge in [0.15, 0.2) is 0 Å². The number of hydrogen-bond donors (Lipinski definition) is 2. The Morgan fingerprint density at radius 3 is 2.71 bits per heavy atom. The first-order valence-electron chi connectivity index (χ1n) is 12.6. The molecule has 1 saturated heterocycles. The summed E-state index contributed by atoms with van der Waals surface area (Å²) in [4.78, 5) is 42.7. The first-order chi connectivity index (χ1) is 16.6. The third-order valence-electron chi connectivity index (χ3n) is 6.71. The zero-order valence-electron chi connectivity index (χ0n) is 21.9. The molecule has 0 spiro atoms. The second kappa shape index (κ2) is 11.4. The van der Waals surface area contributed by atoms with Crippen molar-refractivity contribution in [2.24, 2.45) is 0 Å². The molecule has 0 saturated carbocycles. The maximum Gasteiger partial charge on any atom is 0.273 e. The van der Waals surface area contributed by atoms with Gasteiger partial charge in [0.05, 0.1) is 12.3 Å². The van der Waals surface area contributed by atoms with Gasteiger partial charge in [-0.25, -0.2) is 0 Å². The molecule has 0 aromatic heterocycles. The van der Waals surface area contributed by atoms with Crippen LogP contribution in [0.15, 0.2) is 12.1 Å². The van der Waals surface area contributed by atoms with Crippen molar-refractivity contribution in [3.05, 3.63) is 23.3 Å². The molecule has 3 rings (SSSR count). The Morgan fingerprint density at radius 2 is 2.11 bits per heavy atom. The Kier molecular flexibility index (Phi) is 8.77. The van der Waals surface area contributed by atoms with E-state index in [0.717, 1.165) is 31.5 Å². The molecule has 35 heavy (non-hydrogen) atoms. The molecule has 1 fully saturated rings. The lowest BCUT2D eigenvalue weighted by Gasteiger charge is -2.41. The van der Waals surface area contributed by atoms with Gasteiger partial charge in [-0.2, -0.15) is 0 Å². The van der Waals surface area contributed by atoms with Crippen molar-refractivity contribution in [3.63, 3.8) is 0 Å². The number of rotatable bonds is 9. The van der Waals surface area contributed by atoms with Crippen molar-refractivity contribution in [3.8, 4) is 5.75 Å². The number of benzene rings is 1. The van der Waals surface area contributed by atoms with Crippen LogP contribution in [-0.2, 0) is 14.3 Å². The molecule has 194 valence electrons. The van der Waals surface area contributed by atoms with Crippen molar-refractivity contribution >= 4 is 23.4 Å². The van der Waals surface area contributed by atoms with Gasteiger partial charge in [0.2, 0.25) is 11.5 Å². The number of amides is 3. The molecule has 2 atom stereocenters. The summed E-state index contributed by atoms with van der Waals surface area (Å²) in [6.07, 6.45) is 2.36. The molecule has 9 nitrogen and oxygen atoms in total. The fourth-order valence-corrected chi connectivity index (χ4v) is 4.93. The molecule has 0 bridgehead atoms. The maximum atomic E-state index is 13.8. The first kappa shape index (κ1) is 26.9. The van der Waals surface area contributed by atoms with E-state index in [9.17, 15) is 14.4 Å². The number of aryl methyl sites for hydroxylation is 1. The lowest BCUT2D eigenvalue weighted by atomic mass is 9.97. The van der Waals surface area contributed by atoms with Gasteiger partial charge < -0.3 is 29.9 Å². The Balaban J connectivity index is 1.99. The highest BCUT2D eigenvalue weighted by atomic mass is 16.5. The third-order valence-corrected chi connectivity index (χ3v) is 6.71. The molecule has 2 aliphatic heterocycles. The van der Waals surface area contributed by atoms with Gasteiger partial charge >= 0.3 is 0 Å². The Morgan fingerprint density at radius 1 is 1.37 bits per heavy atom. The van der Waals surface area contributed by atoms with Crippen LogP contribution < -0.4 is 20.3 Å². The zero-order chi connectivity index (χ0) is 25.8. The lowest BCUT2D eigenvalue weighted by Crippen LogP contribution is -2.58. The maximum absolute atomic E-state index is 13.8. The Hall–Kier alpha value is -2.65. The van der Waals surface area contributed by atoms with Gasteiger partial charge in [0.25, 0.3) is 11.8 Å². The minimum atomic E-state index is -1.20. The number of fused-ring (bicyclic) bond motifs is 1. The molecule has 3 amide bonds. The van der Waals surface area contributed by atoms with E-state index < -0.39 is 5.60 Å². The minimum absolute atomic E-state index is 0.0334. The molecule has 1 aromatic carbocycles. The van der Waals surface area contributed by atoms with Gasteiger partial charge in [-0.15, -0.1) is 0 Å². The van der Waals surface area contributed by atoms with Crippen LogP contribution in [0.2, 0.25) is 0 Å². The highest BCUT2D eigenvalue weighted by Crippen LogP contribution is 2.40. The highest BCUT2D eigenvalue weighted by Gasteiger charge is 2.45. The largest absolute Gasteiger partial charge is 0.473 e. The van der Waals surface area contributed by atoms with Crippen molar-refractivity contribution < 1.29 is 23.9 Å². The van der Waals surface area contributed by atoms with E-state index in [1.165, 1.54) is 7.11 Å². The molecule has 0 radical (unpaired) electrons. The summed E-state index contributed by atoms with van der Waals surface area (Å²) in [5.41, 5.74) is 0.675. The van der Waals surface area contributed by atoms with Crippen LogP contribution in [0.4, 0.5) is 5.69 Å². The summed E-state index contributed by atoms with van der Waals surface area (Å²) in [5, 5.41) is 6.23. The van der Waals surface area contributed by atoms with Crippen molar-refractivity contribution in [1.82, 2.24) is 15.5 Å². The van der Waals surface area contributed by atoms with Crippen LogP contribution in [0.3, 0.4) is 0 Å². The van der Waals surface area contributed by atoms with E-state index in [1.807, 2.05) is 31.7 Å². The van der Waals surface area contributed by atoms with Crippen molar-refractivity contribution in [2.45, 2.75) is 71.6 Å². The molecule has 0 aliphatic carbocycles. The van der Waals surface area contributed by atoms with Crippen LogP contribution in [0, 0.1) is 6.92 Å². The van der Waals surface area contributed by atoms with E-state index in [0.29, 0.717) is 30.0 Å². The van der Waals surface area contributed by atoms with E-state index >= 15 is 0 Å². The highest BCUT2D eigenvalue weighted by molar-refractivity contribution is 6.05. The van der Waals surface area contributed by atoms with Crippen molar-refractivity contribution in [1.29, 1.82) is 0 Å². The number of methoxy groups -OCH3 is 1. The SMILES string of the molecule is CCC(=O)NCCN1C(=O)[C@](C)(COC)Oc2cc(C)c(C(=O)N(C(C)C)[C@@H]3CCCNC3)cc21. The molecule has 2 aliphatic rings. The summed E-state index contributed by atoms with van der Waals surface area (Å²) in [5.74, 6) is 0.123. The summed E-state index contributed by atoms with van der Waals surface area (Å²) >= 11 is 0. The molecule has 9 heteroatoms. The number of hydrogen-bond acceptors (Lipinski definition) is 6. The second-order valence-electron chi connectivity index (χ2n) is 9.87. The number of nitrogens with one attached hydrogen (secondary N) is 2. The van der Waals surface area contributed by atoms with Crippen LogP contribution >= 0.6 is 0 Å². The Labute approximate surface area is 208 Å². The summed E-state index contributed by atoms with van der Waals surface area (Å²) in [7, 11) is 1.52. The van der Waals surface area contributed by atoms with Gasteiger partial charge in [-0.05, 0) is 64.8 Å². The van der Waals surface area contributed by atoms with E-state index in [1.54, 1.807) is 24.8 Å². The fourth-order valence-electron chi connectivity index (χ4n) is 4.93. The standard InChI is InChI=1S/C26H40N4O5/c1-7-23(31)28-11-12-29-21-14-20(24(32)30(17(2)3)19-9-8-10-27-15-19)18(4)13-22(21)35-26(5,16-34-6)25(29)33/h13-14,17,19,27H,7-12,15-16H2,1-6H3,(H,28,31)/t19-,26+/m1/s1. The smallest absolute Gasteiger partial charge is 0.273 e. The molecular formula is C26H40N4O5. The van der Waals surface area contributed by atoms with Gasteiger partial charge in [-0.1, -0.05) is 6.92 Å². The number of piperidine rings is 1. The first-order valence-corrected chi connectivity index (χ1v) is 12.6. The number of anilines is 1. The van der Waals surface area contributed by atoms with Gasteiger partial charge in [0, 0.05) is 50.8 Å². The predicted octanol–water partition coefficient (Wildman–Crippen LogP) is 2.25. The van der Waals surface area contributed by atoms with Crippen LogP contribution in [-0.4, -0.2) is 80.2 Å². The number of ether oxygens (including phenoxy) is 2. The van der Waals surface area contributed by atoms with Crippen LogP contribution in [0.1, 0.15) is 62.9 Å². The van der Waals surface area contributed by atoms with E-state index in [4.69, 9.17) is 9.47 Å². The molecular weight excluding hydrogens is 448 g/mol. The fraction of sp³-hybridized carbons (Fsp3) is 0.654. The quantitative estimate of drug-likeness (QED) is 0.553. The zero-order valence-corrected chi connectivity index (χ0v) is 21.9. The normalized spacial score (nSPS) is 22.0. The predicted molar refractivity (Wildman–Crippen MR) is 135 cm³/mol. The molecule has 2 N–H and O–H groups in total. The van der Waals surface area contributed by atoms with Crippen molar-refractivity contribution in [2.75, 3.05) is 44.8 Å². The number of nitrogens with zero attached hydrogens (tertiary/aromatic N) is 2. The Bertz CT molecular complexity index is 944. The monoisotopic (exact) mass is 488 g/mol. The molecule has 1 aromatic rings. The average molecular weight is 489 g/mol.